The van der Waals surface area contributed by atoms with Crippen LogP contribution in [0.25, 0.3) is 10.8 Å². The Labute approximate surface area is 178 Å². The van der Waals surface area contributed by atoms with Crippen molar-refractivity contribution in [3.05, 3.63) is 108 Å². The SMILES string of the molecule is CCc1ccc(CNc2ccccc2NOCCc2ccc3ccccc3c2)cc1. The van der Waals surface area contributed by atoms with Gasteiger partial charge in [0, 0.05) is 6.54 Å². The monoisotopic (exact) mass is 396 g/mol. The number of anilines is 2. The molecule has 0 aromatic heterocycles. The van der Waals surface area contributed by atoms with Crippen molar-refractivity contribution >= 4 is 22.1 Å². The highest BCUT2D eigenvalue weighted by atomic mass is 16.6. The molecule has 4 rings (SSSR count). The third-order valence-electron chi connectivity index (χ3n) is 5.33. The molecule has 2 N–H and O–H groups in total. The van der Waals surface area contributed by atoms with Crippen molar-refractivity contribution in [3.63, 3.8) is 0 Å². The van der Waals surface area contributed by atoms with E-state index in [2.05, 4.69) is 90.5 Å². The Kier molecular flexibility index (Phi) is 6.63. The number of rotatable bonds is 9. The van der Waals surface area contributed by atoms with Crippen molar-refractivity contribution < 1.29 is 4.84 Å². The zero-order chi connectivity index (χ0) is 20.6. The van der Waals surface area contributed by atoms with Crippen LogP contribution in [0, 0.1) is 0 Å². The number of benzene rings is 4. The number of fused-ring (bicyclic) bond motifs is 1. The van der Waals surface area contributed by atoms with Crippen molar-refractivity contribution in [3.8, 4) is 0 Å². The molecule has 0 saturated carbocycles. The maximum Gasteiger partial charge on any atom is 0.0836 e. The largest absolute Gasteiger partial charge is 0.379 e. The molecule has 0 fully saturated rings. The Balaban J connectivity index is 1.30. The highest BCUT2D eigenvalue weighted by Crippen LogP contribution is 2.22. The zero-order valence-electron chi connectivity index (χ0n) is 17.4. The highest BCUT2D eigenvalue weighted by molar-refractivity contribution is 5.83. The molecule has 0 spiro atoms. The molecule has 3 nitrogen and oxygen atoms in total. The van der Waals surface area contributed by atoms with Crippen LogP contribution in [0.4, 0.5) is 11.4 Å². The molecule has 152 valence electrons. The molecule has 4 aromatic carbocycles. The summed E-state index contributed by atoms with van der Waals surface area (Å²) in [4.78, 5) is 5.77. The van der Waals surface area contributed by atoms with E-state index < -0.39 is 0 Å². The Morgan fingerprint density at radius 2 is 1.33 bits per heavy atom. The minimum atomic E-state index is 0.602. The molecule has 0 aliphatic heterocycles. The van der Waals surface area contributed by atoms with Gasteiger partial charge in [-0.2, -0.15) is 0 Å². The van der Waals surface area contributed by atoms with Gasteiger partial charge in [0.05, 0.1) is 18.0 Å². The molecule has 0 amide bonds. The van der Waals surface area contributed by atoms with Gasteiger partial charge in [0.1, 0.15) is 0 Å². The summed E-state index contributed by atoms with van der Waals surface area (Å²) in [5.41, 5.74) is 8.99. The fourth-order valence-electron chi connectivity index (χ4n) is 3.51. The third kappa shape index (κ3) is 5.19. The Hall–Kier alpha value is -3.30. The molecule has 0 aliphatic carbocycles. The number of para-hydroxylation sites is 2. The molecule has 3 heteroatoms. The van der Waals surface area contributed by atoms with Gasteiger partial charge in [0.2, 0.25) is 0 Å². The molecular formula is C27H28N2O. The normalized spacial score (nSPS) is 10.8. The summed E-state index contributed by atoms with van der Waals surface area (Å²) in [6, 6.07) is 31.9. The smallest absolute Gasteiger partial charge is 0.0836 e. The quantitative estimate of drug-likeness (QED) is 0.247. The van der Waals surface area contributed by atoms with Gasteiger partial charge in [0.15, 0.2) is 0 Å². The summed E-state index contributed by atoms with van der Waals surface area (Å²) in [5, 5.41) is 6.04. The number of hydrogen-bond donors (Lipinski definition) is 2. The Morgan fingerprint density at radius 1 is 0.667 bits per heavy atom. The van der Waals surface area contributed by atoms with Crippen molar-refractivity contribution in [2.45, 2.75) is 26.3 Å². The van der Waals surface area contributed by atoms with E-state index in [9.17, 15) is 0 Å². The van der Waals surface area contributed by atoms with Gasteiger partial charge in [0.25, 0.3) is 0 Å². The first kappa shape index (κ1) is 20.0. The lowest BCUT2D eigenvalue weighted by molar-refractivity contribution is 0.197. The second kappa shape index (κ2) is 9.95. The van der Waals surface area contributed by atoms with Crippen LogP contribution >= 0.6 is 0 Å². The highest BCUT2D eigenvalue weighted by Gasteiger charge is 2.03. The van der Waals surface area contributed by atoms with Crippen molar-refractivity contribution in [1.82, 2.24) is 0 Å². The van der Waals surface area contributed by atoms with E-state index in [-0.39, 0.29) is 0 Å². The van der Waals surface area contributed by atoms with Crippen LogP contribution < -0.4 is 10.8 Å². The van der Waals surface area contributed by atoms with Gasteiger partial charge < -0.3 is 5.32 Å². The number of aryl methyl sites for hydroxylation is 1. The Morgan fingerprint density at radius 3 is 2.13 bits per heavy atom. The molecule has 0 heterocycles. The molecule has 0 atom stereocenters. The van der Waals surface area contributed by atoms with E-state index in [1.54, 1.807) is 0 Å². The first-order chi connectivity index (χ1) is 14.8. The van der Waals surface area contributed by atoms with E-state index in [4.69, 9.17) is 4.84 Å². The summed E-state index contributed by atoms with van der Waals surface area (Å²) in [6.07, 6.45) is 1.92. The van der Waals surface area contributed by atoms with Gasteiger partial charge in [-0.1, -0.05) is 85.8 Å². The van der Waals surface area contributed by atoms with Crippen LogP contribution in [0.2, 0.25) is 0 Å². The van der Waals surface area contributed by atoms with Crippen LogP contribution in [0.5, 0.6) is 0 Å². The van der Waals surface area contributed by atoms with Crippen molar-refractivity contribution in [2.24, 2.45) is 0 Å². The maximum atomic E-state index is 5.77. The predicted octanol–water partition coefficient (Wildman–Crippen LogP) is 6.60. The summed E-state index contributed by atoms with van der Waals surface area (Å²) < 4.78 is 0. The summed E-state index contributed by atoms with van der Waals surface area (Å²) in [7, 11) is 0. The van der Waals surface area contributed by atoms with Crippen molar-refractivity contribution in [2.75, 3.05) is 17.4 Å². The summed E-state index contributed by atoms with van der Waals surface area (Å²) in [5.74, 6) is 0. The van der Waals surface area contributed by atoms with E-state index >= 15 is 0 Å². The standard InChI is InChI=1S/C27H28N2O/c1-2-21-11-13-23(14-12-21)20-28-26-9-5-6-10-27(26)29-30-18-17-22-15-16-24-7-3-4-8-25(24)19-22/h3-16,19,28-29H,2,17-18,20H2,1H3. The van der Waals surface area contributed by atoms with Crippen LogP contribution in [-0.4, -0.2) is 6.61 Å². The van der Waals surface area contributed by atoms with E-state index in [0.717, 1.165) is 30.8 Å². The fraction of sp³-hybridized carbons (Fsp3) is 0.185. The van der Waals surface area contributed by atoms with Crippen molar-refractivity contribution in [1.29, 1.82) is 0 Å². The van der Waals surface area contributed by atoms with Gasteiger partial charge in [-0.25, -0.2) is 0 Å². The van der Waals surface area contributed by atoms with Crippen LogP contribution in [0.1, 0.15) is 23.6 Å². The zero-order valence-corrected chi connectivity index (χ0v) is 17.4. The molecule has 0 aliphatic rings. The molecule has 0 unspecified atom stereocenters. The van der Waals surface area contributed by atoms with Gasteiger partial charge in [-0.3, -0.25) is 10.3 Å². The molecule has 0 bridgehead atoms. The predicted molar refractivity (Wildman–Crippen MR) is 127 cm³/mol. The minimum absolute atomic E-state index is 0.602. The topological polar surface area (TPSA) is 33.3 Å². The lowest BCUT2D eigenvalue weighted by Crippen LogP contribution is -2.08. The fourth-order valence-corrected chi connectivity index (χ4v) is 3.51. The van der Waals surface area contributed by atoms with Crippen LogP contribution in [0.15, 0.2) is 91.0 Å². The van der Waals surface area contributed by atoms with Gasteiger partial charge in [-0.05, 0) is 52.4 Å². The molecule has 0 saturated heterocycles. The van der Waals surface area contributed by atoms with E-state index in [1.807, 2.05) is 18.2 Å². The molecule has 30 heavy (non-hydrogen) atoms. The lowest BCUT2D eigenvalue weighted by atomic mass is 10.1. The summed E-state index contributed by atoms with van der Waals surface area (Å²) >= 11 is 0. The second-order valence-corrected chi connectivity index (χ2v) is 7.45. The average molecular weight is 397 g/mol. The van der Waals surface area contributed by atoms with Gasteiger partial charge in [-0.15, -0.1) is 0 Å². The van der Waals surface area contributed by atoms with Crippen LogP contribution in [0.3, 0.4) is 0 Å². The van der Waals surface area contributed by atoms with Crippen LogP contribution in [-0.2, 0) is 24.2 Å². The third-order valence-corrected chi connectivity index (χ3v) is 5.33. The number of nitrogens with one attached hydrogen (secondary N) is 2. The number of hydrogen-bond acceptors (Lipinski definition) is 3. The molecule has 0 radical (unpaired) electrons. The lowest BCUT2D eigenvalue weighted by Gasteiger charge is -2.14. The average Bonchev–Trinajstić information content (AvgIpc) is 2.81. The molecular weight excluding hydrogens is 368 g/mol. The molecule has 4 aromatic rings. The Bertz CT molecular complexity index is 1090. The second-order valence-electron chi connectivity index (χ2n) is 7.45. The van der Waals surface area contributed by atoms with E-state index in [0.29, 0.717) is 6.61 Å². The first-order valence-electron chi connectivity index (χ1n) is 10.6. The van der Waals surface area contributed by atoms with Gasteiger partial charge >= 0.3 is 0 Å². The van der Waals surface area contributed by atoms with E-state index in [1.165, 1.54) is 27.5 Å². The minimum Gasteiger partial charge on any atom is -0.379 e. The summed E-state index contributed by atoms with van der Waals surface area (Å²) in [6.45, 7) is 3.56. The maximum absolute atomic E-state index is 5.77. The first-order valence-corrected chi connectivity index (χ1v) is 10.6.